The molecule has 3 aromatic carbocycles. The molecule has 224 valence electrons. The average Bonchev–Trinajstić information content (AvgIpc) is 3.33. The average molecular weight is 582 g/mol. The van der Waals surface area contributed by atoms with Crippen LogP contribution in [-0.4, -0.2) is 45.6 Å². The van der Waals surface area contributed by atoms with E-state index in [1.807, 2.05) is 53.4 Å². The summed E-state index contributed by atoms with van der Waals surface area (Å²) >= 11 is 0. The summed E-state index contributed by atoms with van der Waals surface area (Å²) in [7, 11) is 4.73. The van der Waals surface area contributed by atoms with Gasteiger partial charge in [-0.25, -0.2) is 0 Å². The van der Waals surface area contributed by atoms with Crippen molar-refractivity contribution in [2.24, 2.45) is 5.41 Å². The Morgan fingerprint density at radius 2 is 1.58 bits per heavy atom. The van der Waals surface area contributed by atoms with Gasteiger partial charge in [0.2, 0.25) is 11.7 Å². The van der Waals surface area contributed by atoms with Crippen molar-refractivity contribution in [2.75, 3.05) is 38.1 Å². The monoisotopic (exact) mass is 581 g/mol. The number of para-hydroxylation sites is 2. The highest BCUT2D eigenvalue weighted by Gasteiger charge is 2.43. The van der Waals surface area contributed by atoms with Crippen molar-refractivity contribution >= 4 is 23.1 Å². The molecule has 43 heavy (non-hydrogen) atoms. The van der Waals surface area contributed by atoms with Gasteiger partial charge in [0.25, 0.3) is 0 Å². The van der Waals surface area contributed by atoms with Crippen molar-refractivity contribution < 1.29 is 23.8 Å². The summed E-state index contributed by atoms with van der Waals surface area (Å²) in [6.45, 7) is 4.27. The smallest absolute Gasteiger partial charge is 0.239 e. The zero-order valence-electron chi connectivity index (χ0n) is 25.5. The van der Waals surface area contributed by atoms with Crippen LogP contribution in [0.2, 0.25) is 0 Å². The van der Waals surface area contributed by atoms with E-state index >= 15 is 0 Å². The Bertz CT molecular complexity index is 1590. The van der Waals surface area contributed by atoms with Gasteiger partial charge in [-0.05, 0) is 60.1 Å². The quantitative estimate of drug-likeness (QED) is 0.375. The summed E-state index contributed by atoms with van der Waals surface area (Å²) in [5, 5.41) is 6.90. The molecule has 2 aliphatic carbocycles. The molecule has 8 heteroatoms. The normalized spacial score (nSPS) is 19.0. The van der Waals surface area contributed by atoms with E-state index in [9.17, 15) is 9.59 Å². The largest absolute Gasteiger partial charge is 0.493 e. The number of ketones is 1. The fraction of sp³-hybridized carbons (Fsp3) is 0.371. The van der Waals surface area contributed by atoms with Crippen molar-refractivity contribution in [3.05, 3.63) is 88.6 Å². The van der Waals surface area contributed by atoms with Crippen LogP contribution in [0.4, 0.5) is 11.4 Å². The van der Waals surface area contributed by atoms with E-state index in [0.717, 1.165) is 35.5 Å². The lowest BCUT2D eigenvalue weighted by Gasteiger charge is -2.38. The van der Waals surface area contributed by atoms with Crippen LogP contribution in [0.1, 0.15) is 49.4 Å². The minimum atomic E-state index is -0.615. The van der Waals surface area contributed by atoms with Gasteiger partial charge in [0, 0.05) is 29.3 Å². The number of methoxy groups -OCH3 is 3. The van der Waals surface area contributed by atoms with Gasteiger partial charge in [0.05, 0.1) is 45.3 Å². The van der Waals surface area contributed by atoms with E-state index in [2.05, 4.69) is 36.6 Å². The van der Waals surface area contributed by atoms with Gasteiger partial charge in [0.15, 0.2) is 17.3 Å². The summed E-state index contributed by atoms with van der Waals surface area (Å²) in [4.78, 5) is 30.0. The van der Waals surface area contributed by atoms with Crippen molar-refractivity contribution in [3.63, 3.8) is 0 Å². The summed E-state index contributed by atoms with van der Waals surface area (Å²) in [5.41, 5.74) is 6.24. The zero-order valence-corrected chi connectivity index (χ0v) is 25.5. The van der Waals surface area contributed by atoms with E-state index < -0.39 is 6.04 Å². The Labute approximate surface area is 253 Å². The second-order valence-electron chi connectivity index (χ2n) is 12.4. The third-order valence-electron chi connectivity index (χ3n) is 8.76. The lowest BCUT2D eigenvalue weighted by Crippen LogP contribution is -2.45. The molecule has 0 aromatic heterocycles. The maximum absolute atomic E-state index is 14.1. The van der Waals surface area contributed by atoms with Gasteiger partial charge < -0.3 is 29.7 Å². The molecule has 2 N–H and O–H groups in total. The highest BCUT2D eigenvalue weighted by Crippen LogP contribution is 2.52. The molecule has 1 atom stereocenters. The number of benzene rings is 3. The number of anilines is 2. The van der Waals surface area contributed by atoms with Gasteiger partial charge in [0.1, 0.15) is 0 Å². The van der Waals surface area contributed by atoms with Crippen LogP contribution in [0.15, 0.2) is 71.9 Å². The Morgan fingerprint density at radius 3 is 2.26 bits per heavy atom. The molecule has 1 heterocycles. The van der Waals surface area contributed by atoms with Gasteiger partial charge in [-0.15, -0.1) is 0 Å². The third-order valence-corrected chi connectivity index (χ3v) is 8.76. The van der Waals surface area contributed by atoms with Gasteiger partial charge in [-0.1, -0.05) is 50.2 Å². The summed E-state index contributed by atoms with van der Waals surface area (Å²) in [6.07, 6.45) is 2.69. The Morgan fingerprint density at radius 1 is 0.907 bits per heavy atom. The molecule has 0 saturated carbocycles. The molecule has 0 radical (unpaired) electrons. The standard InChI is InChI=1S/C35H39N3O5/c1-35(2)18-26-31(28(39)19-35)32(24-14-15-29(41-3)34(43-5)33(24)42-4)38(27-13-9-8-12-25(27)37-26)20-30(40)36-23-16-21-10-6-7-11-22(21)17-23/h6-15,23,32,37H,16-20H2,1-5H3,(H,36,40). The first-order chi connectivity index (χ1) is 20.7. The number of allylic oxidation sites excluding steroid dienone is 1. The van der Waals surface area contributed by atoms with Crippen molar-refractivity contribution in [2.45, 2.75) is 51.6 Å². The lowest BCUT2D eigenvalue weighted by atomic mass is 9.73. The predicted molar refractivity (Wildman–Crippen MR) is 167 cm³/mol. The number of amides is 1. The van der Waals surface area contributed by atoms with E-state index in [1.54, 1.807) is 21.3 Å². The first-order valence-corrected chi connectivity index (χ1v) is 14.8. The first kappa shape index (κ1) is 28.6. The Balaban J connectivity index is 1.47. The first-order valence-electron chi connectivity index (χ1n) is 14.8. The fourth-order valence-electron chi connectivity index (χ4n) is 6.98. The fourth-order valence-corrected chi connectivity index (χ4v) is 6.98. The number of ether oxygens (including phenoxy) is 3. The molecule has 1 amide bonds. The maximum atomic E-state index is 14.1. The zero-order chi connectivity index (χ0) is 30.3. The molecule has 8 nitrogen and oxygen atoms in total. The van der Waals surface area contributed by atoms with Gasteiger partial charge >= 0.3 is 0 Å². The van der Waals surface area contributed by atoms with Gasteiger partial charge in [-0.2, -0.15) is 0 Å². The molecule has 0 fully saturated rings. The number of nitrogens with zero attached hydrogens (tertiary/aromatic N) is 1. The molecule has 1 aliphatic heterocycles. The Hall–Kier alpha value is -4.46. The summed E-state index contributed by atoms with van der Waals surface area (Å²) in [5.74, 6) is 1.36. The van der Waals surface area contributed by atoms with Crippen LogP contribution in [0.5, 0.6) is 17.2 Å². The molecule has 1 unspecified atom stereocenters. The second-order valence-corrected chi connectivity index (χ2v) is 12.4. The predicted octanol–water partition coefficient (Wildman–Crippen LogP) is 5.61. The summed E-state index contributed by atoms with van der Waals surface area (Å²) < 4.78 is 17.3. The number of nitrogens with one attached hydrogen (secondary N) is 2. The molecule has 3 aliphatic rings. The van der Waals surface area contributed by atoms with Crippen LogP contribution < -0.4 is 29.7 Å². The molecule has 6 rings (SSSR count). The number of carbonyl (C=O) groups is 2. The molecular formula is C35H39N3O5. The highest BCUT2D eigenvalue weighted by atomic mass is 16.5. The molecule has 0 saturated heterocycles. The van der Waals surface area contributed by atoms with E-state index in [4.69, 9.17) is 14.2 Å². The maximum Gasteiger partial charge on any atom is 0.239 e. The SMILES string of the molecule is COc1ccc(C2C3=C(CC(C)(C)CC3=O)Nc3ccccc3N2CC(=O)NC2Cc3ccccc3C2)c(OC)c1OC. The lowest BCUT2D eigenvalue weighted by molar-refractivity contribution is -0.121. The van der Waals surface area contributed by atoms with Crippen molar-refractivity contribution in [1.82, 2.24) is 5.32 Å². The topological polar surface area (TPSA) is 89.1 Å². The minimum Gasteiger partial charge on any atom is -0.493 e. The van der Waals surface area contributed by atoms with Crippen molar-refractivity contribution in [3.8, 4) is 17.2 Å². The van der Waals surface area contributed by atoms with Crippen LogP contribution in [0, 0.1) is 5.41 Å². The number of rotatable bonds is 7. The van der Waals surface area contributed by atoms with Crippen LogP contribution in [0.25, 0.3) is 0 Å². The highest BCUT2D eigenvalue weighted by molar-refractivity contribution is 6.02. The Kier molecular flexibility index (Phi) is 7.54. The molecule has 0 spiro atoms. The van der Waals surface area contributed by atoms with Gasteiger partial charge in [-0.3, -0.25) is 9.59 Å². The number of fused-ring (bicyclic) bond motifs is 2. The number of Topliss-reactive ketones (excluding diaryl/α,β-unsaturated/α-hetero) is 1. The number of hydrogen-bond acceptors (Lipinski definition) is 7. The molecule has 0 bridgehead atoms. The minimum absolute atomic E-state index is 0.0196. The summed E-state index contributed by atoms with van der Waals surface area (Å²) in [6, 6.07) is 19.4. The third kappa shape index (κ3) is 5.31. The number of carbonyl (C=O) groups excluding carboxylic acids is 2. The van der Waals surface area contributed by atoms with Crippen LogP contribution in [0.3, 0.4) is 0 Å². The second kappa shape index (κ2) is 11.3. The van der Waals surface area contributed by atoms with E-state index in [1.165, 1.54) is 11.1 Å². The molecular weight excluding hydrogens is 542 g/mol. The molecule has 3 aromatic rings. The van der Waals surface area contributed by atoms with E-state index in [0.29, 0.717) is 35.7 Å². The van der Waals surface area contributed by atoms with Crippen LogP contribution >= 0.6 is 0 Å². The number of hydrogen-bond donors (Lipinski definition) is 2. The van der Waals surface area contributed by atoms with E-state index in [-0.39, 0.29) is 29.7 Å². The van der Waals surface area contributed by atoms with Crippen molar-refractivity contribution in [1.29, 1.82) is 0 Å². The van der Waals surface area contributed by atoms with Crippen LogP contribution in [-0.2, 0) is 22.4 Å².